The van der Waals surface area contributed by atoms with Crippen molar-refractivity contribution in [3.05, 3.63) is 23.7 Å². The van der Waals surface area contributed by atoms with Gasteiger partial charge in [-0.25, -0.2) is 0 Å². The fourth-order valence-corrected chi connectivity index (χ4v) is 1.85. The second-order valence-electron chi connectivity index (χ2n) is 4.78. The molecule has 1 saturated heterocycles. The van der Waals surface area contributed by atoms with Gasteiger partial charge in [0, 0.05) is 13.0 Å². The lowest BCUT2D eigenvalue weighted by molar-refractivity contribution is -0.137. The highest BCUT2D eigenvalue weighted by Gasteiger charge is 2.32. The number of aryl methyl sites for hydroxylation is 1. The summed E-state index contributed by atoms with van der Waals surface area (Å²) in [5.41, 5.74) is 0. The van der Waals surface area contributed by atoms with E-state index in [4.69, 9.17) is 13.9 Å². The minimum absolute atomic E-state index is 0.107. The standard InChI is InChI=1S/C13H19NO4/c1-4-9-5-6-11(17-9)12(15)14-7-10-8-16-13(2,3)18-10/h5-6,10H,4,7-8H2,1-3H3,(H,14,15). The molecule has 0 aromatic carbocycles. The number of ether oxygens (including phenoxy) is 2. The van der Waals surface area contributed by atoms with Gasteiger partial charge in [0.2, 0.25) is 0 Å². The molecule has 1 aromatic heterocycles. The summed E-state index contributed by atoms with van der Waals surface area (Å²) >= 11 is 0. The van der Waals surface area contributed by atoms with Crippen LogP contribution >= 0.6 is 0 Å². The Morgan fingerprint density at radius 3 is 2.83 bits per heavy atom. The topological polar surface area (TPSA) is 60.7 Å². The first-order chi connectivity index (χ1) is 8.50. The summed E-state index contributed by atoms with van der Waals surface area (Å²) in [4.78, 5) is 11.8. The molecule has 1 atom stereocenters. The van der Waals surface area contributed by atoms with Crippen molar-refractivity contribution in [2.45, 2.75) is 39.1 Å². The molecule has 1 amide bonds. The number of amides is 1. The van der Waals surface area contributed by atoms with E-state index >= 15 is 0 Å². The van der Waals surface area contributed by atoms with Crippen molar-refractivity contribution in [3.8, 4) is 0 Å². The van der Waals surface area contributed by atoms with E-state index in [0.29, 0.717) is 18.9 Å². The SMILES string of the molecule is CCc1ccc(C(=O)NCC2COC(C)(C)O2)o1. The van der Waals surface area contributed by atoms with Crippen LogP contribution in [0.15, 0.2) is 16.5 Å². The molecule has 5 heteroatoms. The Bertz CT molecular complexity index is 424. The molecule has 2 rings (SSSR count). The average molecular weight is 253 g/mol. The van der Waals surface area contributed by atoms with E-state index < -0.39 is 5.79 Å². The molecule has 1 aliphatic heterocycles. The smallest absolute Gasteiger partial charge is 0.287 e. The Morgan fingerprint density at radius 1 is 1.50 bits per heavy atom. The minimum Gasteiger partial charge on any atom is -0.456 e. The zero-order valence-electron chi connectivity index (χ0n) is 11.0. The summed E-state index contributed by atoms with van der Waals surface area (Å²) in [6, 6.07) is 3.50. The normalized spacial score (nSPS) is 22.1. The molecule has 5 nitrogen and oxygen atoms in total. The van der Waals surface area contributed by atoms with Crippen molar-refractivity contribution in [1.29, 1.82) is 0 Å². The van der Waals surface area contributed by atoms with Gasteiger partial charge in [-0.2, -0.15) is 0 Å². The Balaban J connectivity index is 1.82. The van der Waals surface area contributed by atoms with Gasteiger partial charge in [-0.05, 0) is 26.0 Å². The third kappa shape index (κ3) is 3.11. The van der Waals surface area contributed by atoms with E-state index in [9.17, 15) is 4.79 Å². The van der Waals surface area contributed by atoms with Crippen molar-refractivity contribution in [3.63, 3.8) is 0 Å². The molecule has 1 aromatic rings. The van der Waals surface area contributed by atoms with Crippen molar-refractivity contribution in [1.82, 2.24) is 5.32 Å². The van der Waals surface area contributed by atoms with Gasteiger partial charge < -0.3 is 19.2 Å². The molecule has 0 aliphatic carbocycles. The predicted molar refractivity (Wildman–Crippen MR) is 65.3 cm³/mol. The lowest BCUT2D eigenvalue weighted by atomic mass is 10.3. The third-order valence-corrected chi connectivity index (χ3v) is 2.79. The van der Waals surface area contributed by atoms with Crippen LogP contribution < -0.4 is 5.32 Å². The maximum atomic E-state index is 11.8. The molecule has 2 heterocycles. The van der Waals surface area contributed by atoms with Crippen LogP contribution in [0.4, 0.5) is 0 Å². The lowest BCUT2D eigenvalue weighted by Gasteiger charge is -2.17. The molecular weight excluding hydrogens is 234 g/mol. The maximum absolute atomic E-state index is 11.8. The second-order valence-corrected chi connectivity index (χ2v) is 4.78. The van der Waals surface area contributed by atoms with Crippen LogP contribution in [0.3, 0.4) is 0 Å². The number of hydrogen-bond donors (Lipinski definition) is 1. The van der Waals surface area contributed by atoms with Crippen LogP contribution in [-0.2, 0) is 15.9 Å². The van der Waals surface area contributed by atoms with Gasteiger partial charge in [0.05, 0.1) is 6.61 Å². The highest BCUT2D eigenvalue weighted by Crippen LogP contribution is 2.21. The van der Waals surface area contributed by atoms with Gasteiger partial charge in [0.25, 0.3) is 5.91 Å². The number of nitrogens with one attached hydrogen (secondary N) is 1. The lowest BCUT2D eigenvalue weighted by Crippen LogP contribution is -2.34. The first-order valence-electron chi connectivity index (χ1n) is 6.19. The van der Waals surface area contributed by atoms with Gasteiger partial charge in [0.1, 0.15) is 11.9 Å². The van der Waals surface area contributed by atoms with Crippen LogP contribution in [0, 0.1) is 0 Å². The van der Waals surface area contributed by atoms with Crippen molar-refractivity contribution >= 4 is 5.91 Å². The van der Waals surface area contributed by atoms with Gasteiger partial charge in [-0.3, -0.25) is 4.79 Å². The summed E-state index contributed by atoms with van der Waals surface area (Å²) in [6.07, 6.45) is 0.672. The minimum atomic E-state index is -0.560. The molecule has 0 radical (unpaired) electrons. The van der Waals surface area contributed by atoms with Gasteiger partial charge in [0.15, 0.2) is 11.5 Å². The quantitative estimate of drug-likeness (QED) is 0.887. The number of rotatable bonds is 4. The molecule has 1 unspecified atom stereocenters. The molecule has 1 fully saturated rings. The third-order valence-electron chi connectivity index (χ3n) is 2.79. The zero-order valence-corrected chi connectivity index (χ0v) is 11.0. The predicted octanol–water partition coefficient (Wildman–Crippen LogP) is 1.72. The fraction of sp³-hybridized carbons (Fsp3) is 0.615. The first kappa shape index (κ1) is 13.1. The van der Waals surface area contributed by atoms with Crippen LogP contribution in [0.1, 0.15) is 37.1 Å². The molecule has 0 spiro atoms. The Morgan fingerprint density at radius 2 is 2.28 bits per heavy atom. The van der Waals surface area contributed by atoms with Crippen LogP contribution in [0.2, 0.25) is 0 Å². The zero-order chi connectivity index (χ0) is 13.2. The van der Waals surface area contributed by atoms with Crippen molar-refractivity contribution < 1.29 is 18.7 Å². The average Bonchev–Trinajstić information content (AvgIpc) is 2.92. The summed E-state index contributed by atoms with van der Waals surface area (Å²) < 4.78 is 16.4. The molecule has 0 bridgehead atoms. The summed E-state index contributed by atoms with van der Waals surface area (Å²) in [7, 11) is 0. The van der Waals surface area contributed by atoms with Crippen LogP contribution in [0.5, 0.6) is 0 Å². The van der Waals surface area contributed by atoms with E-state index in [2.05, 4.69) is 5.32 Å². The molecule has 1 aliphatic rings. The fourth-order valence-electron chi connectivity index (χ4n) is 1.85. The van der Waals surface area contributed by atoms with Crippen LogP contribution in [-0.4, -0.2) is 30.9 Å². The summed E-state index contributed by atoms with van der Waals surface area (Å²) in [5, 5.41) is 2.78. The van der Waals surface area contributed by atoms with Gasteiger partial charge in [-0.15, -0.1) is 0 Å². The van der Waals surface area contributed by atoms with E-state index in [1.165, 1.54) is 0 Å². The second kappa shape index (κ2) is 5.12. The van der Waals surface area contributed by atoms with E-state index in [0.717, 1.165) is 12.2 Å². The van der Waals surface area contributed by atoms with Gasteiger partial charge in [-0.1, -0.05) is 6.92 Å². The number of carbonyl (C=O) groups is 1. The largest absolute Gasteiger partial charge is 0.456 e. The van der Waals surface area contributed by atoms with E-state index in [-0.39, 0.29) is 12.0 Å². The van der Waals surface area contributed by atoms with E-state index in [1.54, 1.807) is 6.07 Å². The molecule has 18 heavy (non-hydrogen) atoms. The Kier molecular flexibility index (Phi) is 3.73. The summed E-state index contributed by atoms with van der Waals surface area (Å²) in [6.45, 7) is 6.60. The number of furan rings is 1. The number of carbonyl (C=O) groups excluding carboxylic acids is 1. The highest BCUT2D eigenvalue weighted by atomic mass is 16.7. The van der Waals surface area contributed by atoms with Crippen molar-refractivity contribution in [2.24, 2.45) is 0 Å². The maximum Gasteiger partial charge on any atom is 0.287 e. The Hall–Kier alpha value is -1.33. The number of hydrogen-bond acceptors (Lipinski definition) is 4. The molecular formula is C13H19NO4. The van der Waals surface area contributed by atoms with Crippen LogP contribution in [0.25, 0.3) is 0 Å². The van der Waals surface area contributed by atoms with E-state index in [1.807, 2.05) is 26.8 Å². The Labute approximate surface area is 106 Å². The molecule has 1 N–H and O–H groups in total. The van der Waals surface area contributed by atoms with Crippen molar-refractivity contribution in [2.75, 3.05) is 13.2 Å². The molecule has 100 valence electrons. The monoisotopic (exact) mass is 253 g/mol. The highest BCUT2D eigenvalue weighted by molar-refractivity contribution is 5.91. The molecule has 0 saturated carbocycles. The van der Waals surface area contributed by atoms with Gasteiger partial charge >= 0.3 is 0 Å². The first-order valence-corrected chi connectivity index (χ1v) is 6.19. The summed E-state index contributed by atoms with van der Waals surface area (Å²) in [5.74, 6) is 0.366.